The van der Waals surface area contributed by atoms with Gasteiger partial charge in [0.1, 0.15) is 12.7 Å². The fraction of sp³-hybridized carbons (Fsp3) is 0.800. The molecule has 0 amide bonds. The van der Waals surface area contributed by atoms with Crippen LogP contribution in [0.25, 0.3) is 0 Å². The molecule has 0 saturated carbocycles. The van der Waals surface area contributed by atoms with Gasteiger partial charge in [-0.2, -0.15) is 0 Å². The normalized spacial score (nSPS) is 15.1. The molecule has 0 bridgehead atoms. The van der Waals surface area contributed by atoms with Crippen molar-refractivity contribution >= 4 is 19.8 Å². The van der Waals surface area contributed by atoms with Crippen molar-refractivity contribution in [1.82, 2.24) is 0 Å². The predicted molar refractivity (Wildman–Crippen MR) is 207 cm³/mol. The molecule has 11 nitrogen and oxygen atoms in total. The topological polar surface area (TPSA) is 169 Å². The van der Waals surface area contributed by atoms with Crippen LogP contribution < -0.4 is 0 Å². The number of rotatable bonds is 36. The van der Waals surface area contributed by atoms with E-state index in [-0.39, 0.29) is 19.4 Å². The average molecular weight is 761 g/mol. The van der Waals surface area contributed by atoms with E-state index in [1.165, 1.54) is 44.9 Å². The maximum atomic E-state index is 12.6. The minimum Gasteiger partial charge on any atom is -0.462 e. The number of aliphatic hydroxyl groups excluding tert-OH is 3. The predicted octanol–water partition coefficient (Wildman–Crippen LogP) is 8.83. The van der Waals surface area contributed by atoms with Crippen LogP contribution in [0.5, 0.6) is 0 Å². The van der Waals surface area contributed by atoms with Crippen LogP contribution in [-0.2, 0) is 32.7 Å². The monoisotopic (exact) mass is 760 g/mol. The van der Waals surface area contributed by atoms with Crippen LogP contribution in [0.3, 0.4) is 0 Å². The molecule has 0 radical (unpaired) electrons. The largest absolute Gasteiger partial charge is 0.472 e. The Morgan fingerprint density at radius 1 is 0.692 bits per heavy atom. The van der Waals surface area contributed by atoms with E-state index < -0.39 is 57.9 Å². The van der Waals surface area contributed by atoms with Crippen LogP contribution in [0.15, 0.2) is 36.5 Å². The molecular weight excluding hydrogens is 687 g/mol. The van der Waals surface area contributed by atoms with Crippen molar-refractivity contribution in [1.29, 1.82) is 0 Å². The summed E-state index contributed by atoms with van der Waals surface area (Å²) in [5.74, 6) is -0.200. The number of hydrogen-bond donors (Lipinski definition) is 4. The summed E-state index contributed by atoms with van der Waals surface area (Å²) in [6.07, 6.45) is 28.8. The molecule has 0 rings (SSSR count). The highest BCUT2D eigenvalue weighted by Gasteiger charge is 2.27. The number of ether oxygens (including phenoxy) is 2. The van der Waals surface area contributed by atoms with Crippen LogP contribution in [0.2, 0.25) is 0 Å². The fourth-order valence-corrected chi connectivity index (χ4v) is 6.00. The second kappa shape index (κ2) is 34.9. The van der Waals surface area contributed by atoms with Gasteiger partial charge < -0.3 is 29.7 Å². The van der Waals surface area contributed by atoms with Crippen molar-refractivity contribution in [3.05, 3.63) is 36.5 Å². The number of hydrogen-bond acceptors (Lipinski definition) is 10. The maximum absolute atomic E-state index is 12.6. The molecule has 4 atom stereocenters. The Bertz CT molecular complexity index is 998. The van der Waals surface area contributed by atoms with Gasteiger partial charge in [0.05, 0.1) is 25.9 Å². The van der Waals surface area contributed by atoms with Crippen LogP contribution in [-0.4, -0.2) is 76.9 Å². The molecule has 2 unspecified atom stereocenters. The lowest BCUT2D eigenvalue weighted by Gasteiger charge is -2.20. The first kappa shape index (κ1) is 50.1. The molecule has 4 N–H and O–H groups in total. The highest BCUT2D eigenvalue weighted by atomic mass is 31.2. The number of carbonyl (C=O) groups excluding carboxylic acids is 2. The van der Waals surface area contributed by atoms with Crippen molar-refractivity contribution in [3.8, 4) is 0 Å². The summed E-state index contributed by atoms with van der Waals surface area (Å²) in [4.78, 5) is 34.9. The molecule has 12 heteroatoms. The lowest BCUT2D eigenvalue weighted by molar-refractivity contribution is -0.161. The van der Waals surface area contributed by atoms with E-state index in [1.54, 1.807) is 6.08 Å². The number of unbranched alkanes of at least 4 members (excludes halogenated alkanes) is 14. The van der Waals surface area contributed by atoms with Gasteiger partial charge in [-0.25, -0.2) is 4.57 Å². The lowest BCUT2D eigenvalue weighted by atomic mass is 10.0. The van der Waals surface area contributed by atoms with Crippen molar-refractivity contribution in [2.45, 2.75) is 174 Å². The molecule has 0 aliphatic carbocycles. The standard InChI is InChI=1S/C40H73O11P/c1-4-5-21-27-36(42)28-23-18-14-10-8-12-15-19-24-29-39(44)48-33-38(34-50-52(46,47)49-32-37(43)31-41)51-40(45)30-25-20-16-11-7-6-9-13-17-22-26-35(2)3/h5,14,18,21,23,28,35-38,41-43H,4,6-13,15-17,19-20,22,24-27,29-34H2,1-3H3,(H,46,47)/b18-14+,21-5+,28-23+/t36?,37-,38+/m0/s1. The summed E-state index contributed by atoms with van der Waals surface area (Å²) in [5.41, 5.74) is 0. The average Bonchev–Trinajstić information content (AvgIpc) is 3.11. The molecule has 0 saturated heterocycles. The number of allylic oxidation sites excluding steroid dienone is 4. The summed E-state index contributed by atoms with van der Waals surface area (Å²) in [6.45, 7) is 4.41. The first-order valence-corrected chi connectivity index (χ1v) is 21.4. The summed E-state index contributed by atoms with van der Waals surface area (Å²) < 4.78 is 32.6. The first-order valence-electron chi connectivity index (χ1n) is 19.9. The van der Waals surface area contributed by atoms with Gasteiger partial charge in [0.25, 0.3) is 0 Å². The Labute approximate surface area is 314 Å². The Kier molecular flexibility index (Phi) is 33.6. The number of carbonyl (C=O) groups is 2. The van der Waals surface area contributed by atoms with Gasteiger partial charge >= 0.3 is 19.8 Å². The SMILES string of the molecule is CC/C=C/CC(O)/C=C/C=C/CCCCCCCC(=O)OC[C@H](COP(=O)(O)OC[C@@H](O)CO)OC(=O)CCCCCCCCCCCCC(C)C. The Hall–Kier alpha value is -1.85. The molecule has 52 heavy (non-hydrogen) atoms. The molecule has 0 aliphatic rings. The molecule has 304 valence electrons. The number of phosphoric ester groups is 1. The van der Waals surface area contributed by atoms with Crippen LogP contribution in [0.4, 0.5) is 0 Å². The van der Waals surface area contributed by atoms with Crippen molar-refractivity contribution in [2.24, 2.45) is 5.92 Å². The van der Waals surface area contributed by atoms with E-state index in [2.05, 4.69) is 31.4 Å². The quantitative estimate of drug-likeness (QED) is 0.0158. The molecule has 0 aromatic carbocycles. The van der Waals surface area contributed by atoms with Crippen molar-refractivity contribution < 1.29 is 52.9 Å². The number of phosphoric acid groups is 1. The van der Waals surface area contributed by atoms with Gasteiger partial charge in [0, 0.05) is 12.8 Å². The minimum absolute atomic E-state index is 0.169. The van der Waals surface area contributed by atoms with Crippen LogP contribution in [0, 0.1) is 5.92 Å². The molecule has 0 aliphatic heterocycles. The zero-order valence-corrected chi connectivity index (χ0v) is 33.4. The molecule has 0 aromatic heterocycles. The summed E-state index contributed by atoms with van der Waals surface area (Å²) in [7, 11) is -4.63. The number of esters is 2. The molecule has 0 aromatic rings. The van der Waals surface area contributed by atoms with Crippen molar-refractivity contribution in [2.75, 3.05) is 26.4 Å². The summed E-state index contributed by atoms with van der Waals surface area (Å²) in [6, 6.07) is 0. The van der Waals surface area contributed by atoms with Gasteiger partial charge in [-0.05, 0) is 44.4 Å². The van der Waals surface area contributed by atoms with E-state index in [0.29, 0.717) is 19.3 Å². The molecule has 0 fully saturated rings. The van der Waals surface area contributed by atoms with E-state index in [9.17, 15) is 29.3 Å². The van der Waals surface area contributed by atoms with E-state index in [1.807, 2.05) is 24.3 Å². The maximum Gasteiger partial charge on any atom is 0.472 e. The highest BCUT2D eigenvalue weighted by molar-refractivity contribution is 7.47. The third-order valence-corrected chi connectivity index (χ3v) is 9.27. The van der Waals surface area contributed by atoms with Crippen LogP contribution >= 0.6 is 7.82 Å². The van der Waals surface area contributed by atoms with Gasteiger partial charge in [-0.15, -0.1) is 0 Å². The summed E-state index contributed by atoms with van der Waals surface area (Å²) >= 11 is 0. The van der Waals surface area contributed by atoms with Crippen molar-refractivity contribution in [3.63, 3.8) is 0 Å². The summed E-state index contributed by atoms with van der Waals surface area (Å²) in [5, 5.41) is 28.1. The van der Waals surface area contributed by atoms with E-state index in [0.717, 1.165) is 63.7 Å². The highest BCUT2D eigenvalue weighted by Crippen LogP contribution is 2.43. The van der Waals surface area contributed by atoms with Gasteiger partial charge in [-0.3, -0.25) is 18.6 Å². The Morgan fingerprint density at radius 2 is 1.25 bits per heavy atom. The zero-order valence-electron chi connectivity index (χ0n) is 32.5. The van der Waals surface area contributed by atoms with Gasteiger partial charge in [0.2, 0.25) is 0 Å². The van der Waals surface area contributed by atoms with Gasteiger partial charge in [-0.1, -0.05) is 141 Å². The molecule has 0 spiro atoms. The molecular formula is C40H73O11P. The second-order valence-corrected chi connectivity index (χ2v) is 15.4. The molecule has 0 heterocycles. The third-order valence-electron chi connectivity index (χ3n) is 8.32. The minimum atomic E-state index is -4.63. The third kappa shape index (κ3) is 35.2. The first-order chi connectivity index (χ1) is 25.0. The van der Waals surface area contributed by atoms with Crippen LogP contribution in [0.1, 0.15) is 156 Å². The second-order valence-electron chi connectivity index (χ2n) is 14.0. The number of aliphatic hydroxyl groups is 3. The Morgan fingerprint density at radius 3 is 1.85 bits per heavy atom. The van der Waals surface area contributed by atoms with E-state index in [4.69, 9.17) is 19.1 Å². The fourth-order valence-electron chi connectivity index (χ4n) is 5.21. The smallest absolute Gasteiger partial charge is 0.462 e. The zero-order chi connectivity index (χ0) is 38.7. The Balaban J connectivity index is 4.41. The lowest BCUT2D eigenvalue weighted by Crippen LogP contribution is -2.29. The van der Waals surface area contributed by atoms with Gasteiger partial charge in [0.15, 0.2) is 6.10 Å². The van der Waals surface area contributed by atoms with E-state index >= 15 is 0 Å².